The first-order valence-electron chi connectivity index (χ1n) is 10.3. The molecule has 2 fully saturated rings. The van der Waals surface area contributed by atoms with Crippen LogP contribution in [0.3, 0.4) is 0 Å². The van der Waals surface area contributed by atoms with Crippen molar-refractivity contribution in [3.8, 4) is 11.5 Å². The van der Waals surface area contributed by atoms with E-state index in [0.29, 0.717) is 23.8 Å². The smallest absolute Gasteiger partial charge is 0.325 e. The van der Waals surface area contributed by atoms with Crippen molar-refractivity contribution in [3.63, 3.8) is 0 Å². The third-order valence-corrected chi connectivity index (χ3v) is 6.00. The Labute approximate surface area is 169 Å². The second-order valence-electron chi connectivity index (χ2n) is 8.09. The molecular formula is C21H27N3O5. The highest BCUT2D eigenvalue weighted by Crippen LogP contribution is 2.33. The number of carbonyl (C=O) groups excluding carboxylic acids is 3. The summed E-state index contributed by atoms with van der Waals surface area (Å²) in [5, 5.41) is 5.79. The fraction of sp³-hybridized carbons (Fsp3) is 0.571. The topological polar surface area (TPSA) is 97.0 Å². The van der Waals surface area contributed by atoms with E-state index in [1.165, 1.54) is 11.3 Å². The van der Waals surface area contributed by atoms with Crippen LogP contribution in [0.4, 0.5) is 4.79 Å². The molecule has 0 unspecified atom stereocenters. The van der Waals surface area contributed by atoms with Gasteiger partial charge in [0.2, 0.25) is 12.7 Å². The first-order valence-corrected chi connectivity index (χ1v) is 10.3. The van der Waals surface area contributed by atoms with Crippen molar-refractivity contribution in [3.05, 3.63) is 23.8 Å². The molecule has 8 heteroatoms. The van der Waals surface area contributed by atoms with Gasteiger partial charge in [0.05, 0.1) is 6.54 Å². The van der Waals surface area contributed by atoms with Crippen LogP contribution < -0.4 is 20.1 Å². The molecule has 3 aliphatic rings. The highest BCUT2D eigenvalue weighted by atomic mass is 16.7. The highest BCUT2D eigenvalue weighted by molar-refractivity contribution is 6.04. The second-order valence-corrected chi connectivity index (χ2v) is 8.09. The summed E-state index contributed by atoms with van der Waals surface area (Å²) in [6.07, 6.45) is 5.02. The summed E-state index contributed by atoms with van der Waals surface area (Å²) in [7, 11) is 0. The van der Waals surface area contributed by atoms with Crippen molar-refractivity contribution >= 4 is 17.8 Å². The van der Waals surface area contributed by atoms with Crippen molar-refractivity contribution < 1.29 is 23.9 Å². The van der Waals surface area contributed by atoms with Gasteiger partial charge in [-0.05, 0) is 42.9 Å². The molecular weight excluding hydrogens is 374 g/mol. The van der Waals surface area contributed by atoms with Gasteiger partial charge in [0, 0.05) is 12.5 Å². The van der Waals surface area contributed by atoms with E-state index in [0.717, 1.165) is 24.8 Å². The van der Waals surface area contributed by atoms with Crippen LogP contribution in [0.15, 0.2) is 18.2 Å². The molecule has 0 spiro atoms. The van der Waals surface area contributed by atoms with E-state index >= 15 is 0 Å². The number of rotatable bonds is 6. The molecule has 8 nitrogen and oxygen atoms in total. The second kappa shape index (κ2) is 8.31. The number of carbonyl (C=O) groups is 3. The van der Waals surface area contributed by atoms with Gasteiger partial charge >= 0.3 is 6.03 Å². The Morgan fingerprint density at radius 1 is 1.21 bits per heavy atom. The molecule has 1 aromatic carbocycles. The summed E-state index contributed by atoms with van der Waals surface area (Å²) in [6, 6.07) is 4.47. The number of amides is 4. The van der Waals surface area contributed by atoms with Crippen LogP contribution in [-0.4, -0.2) is 41.6 Å². The summed E-state index contributed by atoms with van der Waals surface area (Å²) < 4.78 is 10.6. The predicted octanol–water partition coefficient (Wildman–Crippen LogP) is 2.31. The van der Waals surface area contributed by atoms with Gasteiger partial charge in [0.25, 0.3) is 5.91 Å². The number of urea groups is 1. The predicted molar refractivity (Wildman–Crippen MR) is 104 cm³/mol. The molecule has 0 aromatic heterocycles. The summed E-state index contributed by atoms with van der Waals surface area (Å²) in [5.74, 6) is 1.39. The Bertz CT molecular complexity index is 812. The fourth-order valence-electron chi connectivity index (χ4n) is 4.23. The van der Waals surface area contributed by atoms with Crippen LogP contribution in [0.1, 0.15) is 51.0 Å². The zero-order chi connectivity index (χ0) is 20.4. The van der Waals surface area contributed by atoms with E-state index < -0.39 is 12.1 Å². The minimum absolute atomic E-state index is 0.0555. The molecule has 1 aromatic rings. The van der Waals surface area contributed by atoms with Crippen molar-refractivity contribution in [2.75, 3.05) is 6.79 Å². The molecule has 2 N–H and O–H groups in total. The molecule has 2 aliphatic heterocycles. The van der Waals surface area contributed by atoms with Crippen LogP contribution in [0.2, 0.25) is 0 Å². The highest BCUT2D eigenvalue weighted by Gasteiger charge is 2.38. The number of ether oxygens (including phenoxy) is 2. The van der Waals surface area contributed by atoms with Crippen LogP contribution in [-0.2, 0) is 16.1 Å². The molecule has 4 amide bonds. The number of hydrogen-bond acceptors (Lipinski definition) is 5. The van der Waals surface area contributed by atoms with E-state index in [1.54, 1.807) is 18.2 Å². The largest absolute Gasteiger partial charge is 0.454 e. The Hall–Kier alpha value is -2.77. The first kappa shape index (κ1) is 19.5. The maximum absolute atomic E-state index is 12.7. The standard InChI is InChI=1S/C21H27N3O5/c1-13-4-2-3-5-15(13)22-19(25)9-7-16-20(26)24(21(27)23-16)11-14-6-8-17-18(10-14)29-12-28-17/h6,8,10,13,15-16H,2-5,7,9,11-12H2,1H3,(H,22,25)(H,23,27)/t13-,15-,16-/m0/s1. The van der Waals surface area contributed by atoms with Crippen molar-refractivity contribution in [2.45, 2.75) is 64.1 Å². The minimum atomic E-state index is -0.661. The Balaban J connectivity index is 1.29. The normalized spacial score (nSPS) is 25.8. The van der Waals surface area contributed by atoms with Crippen LogP contribution in [0.25, 0.3) is 0 Å². The Morgan fingerprint density at radius 2 is 2.00 bits per heavy atom. The van der Waals surface area contributed by atoms with Crippen LogP contribution >= 0.6 is 0 Å². The average Bonchev–Trinajstić information content (AvgIpc) is 3.27. The zero-order valence-electron chi connectivity index (χ0n) is 16.6. The van der Waals surface area contributed by atoms with Gasteiger partial charge in [-0.25, -0.2) is 4.79 Å². The van der Waals surface area contributed by atoms with Crippen molar-refractivity contribution in [1.29, 1.82) is 0 Å². The van der Waals surface area contributed by atoms with Crippen molar-refractivity contribution in [1.82, 2.24) is 15.5 Å². The third kappa shape index (κ3) is 4.31. The zero-order valence-corrected chi connectivity index (χ0v) is 16.6. The van der Waals surface area contributed by atoms with Crippen LogP contribution in [0.5, 0.6) is 11.5 Å². The SMILES string of the molecule is C[C@H]1CCCC[C@@H]1NC(=O)CC[C@@H]1NC(=O)N(Cc2ccc3c(c2)OCO3)C1=O. The summed E-state index contributed by atoms with van der Waals surface area (Å²) in [4.78, 5) is 38.4. The molecule has 0 bridgehead atoms. The lowest BCUT2D eigenvalue weighted by Gasteiger charge is -2.29. The van der Waals surface area contributed by atoms with E-state index in [2.05, 4.69) is 17.6 Å². The Morgan fingerprint density at radius 3 is 2.83 bits per heavy atom. The molecule has 1 saturated carbocycles. The van der Waals surface area contributed by atoms with E-state index in [4.69, 9.17) is 9.47 Å². The Kier molecular flexibility index (Phi) is 5.60. The maximum Gasteiger partial charge on any atom is 0.325 e. The molecule has 3 atom stereocenters. The fourth-order valence-corrected chi connectivity index (χ4v) is 4.23. The minimum Gasteiger partial charge on any atom is -0.454 e. The molecule has 1 aliphatic carbocycles. The number of fused-ring (bicyclic) bond motifs is 1. The van der Waals surface area contributed by atoms with E-state index in [1.807, 2.05) is 0 Å². The van der Waals surface area contributed by atoms with Gasteiger partial charge in [-0.2, -0.15) is 0 Å². The van der Waals surface area contributed by atoms with Gasteiger partial charge in [-0.1, -0.05) is 25.8 Å². The molecule has 2 heterocycles. The summed E-state index contributed by atoms with van der Waals surface area (Å²) in [6.45, 7) is 2.49. The maximum atomic E-state index is 12.7. The molecule has 156 valence electrons. The molecule has 0 radical (unpaired) electrons. The van der Waals surface area contributed by atoms with Gasteiger partial charge < -0.3 is 20.1 Å². The molecule has 1 saturated heterocycles. The lowest BCUT2D eigenvalue weighted by Crippen LogP contribution is -2.41. The van der Waals surface area contributed by atoms with Gasteiger partial charge in [-0.3, -0.25) is 14.5 Å². The number of nitrogens with zero attached hydrogens (tertiary/aromatic N) is 1. The lowest BCUT2D eigenvalue weighted by atomic mass is 9.86. The van der Waals surface area contributed by atoms with Gasteiger partial charge in [-0.15, -0.1) is 0 Å². The number of nitrogens with one attached hydrogen (secondary N) is 2. The first-order chi connectivity index (χ1) is 14.0. The van der Waals surface area contributed by atoms with E-state index in [9.17, 15) is 14.4 Å². The van der Waals surface area contributed by atoms with Crippen LogP contribution in [0, 0.1) is 5.92 Å². The molecule has 29 heavy (non-hydrogen) atoms. The summed E-state index contributed by atoms with van der Waals surface area (Å²) >= 11 is 0. The van der Waals surface area contributed by atoms with Gasteiger partial charge in [0.1, 0.15) is 6.04 Å². The quantitative estimate of drug-likeness (QED) is 0.713. The van der Waals surface area contributed by atoms with E-state index in [-0.39, 0.29) is 37.6 Å². The van der Waals surface area contributed by atoms with Crippen molar-refractivity contribution in [2.24, 2.45) is 5.92 Å². The van der Waals surface area contributed by atoms with Gasteiger partial charge in [0.15, 0.2) is 11.5 Å². The monoisotopic (exact) mass is 401 g/mol. The summed E-state index contributed by atoms with van der Waals surface area (Å²) in [5.41, 5.74) is 0.780. The molecule has 4 rings (SSSR count). The number of benzene rings is 1. The lowest BCUT2D eigenvalue weighted by molar-refractivity contribution is -0.128. The number of imide groups is 1. The third-order valence-electron chi connectivity index (χ3n) is 6.00. The average molecular weight is 401 g/mol. The number of hydrogen-bond donors (Lipinski definition) is 2.